The van der Waals surface area contributed by atoms with Crippen molar-refractivity contribution in [3.63, 3.8) is 0 Å². The predicted molar refractivity (Wildman–Crippen MR) is 91.7 cm³/mol. The number of hydrogen-bond donors (Lipinski definition) is 1. The predicted octanol–water partition coefficient (Wildman–Crippen LogP) is 4.09. The van der Waals surface area contributed by atoms with Crippen LogP contribution in [0.1, 0.15) is 38.5 Å². The Kier molecular flexibility index (Phi) is 4.11. The van der Waals surface area contributed by atoms with E-state index >= 15 is 0 Å². The summed E-state index contributed by atoms with van der Waals surface area (Å²) in [5.74, 6) is 0.525. The molecule has 3 aromatic rings. The highest BCUT2D eigenvalue weighted by Crippen LogP contribution is 2.25. The SMILES string of the molecule is Fc1cccc(-n2ncc3c(NC4CCCCCC4)ncnc32)c1. The van der Waals surface area contributed by atoms with Crippen LogP contribution in [-0.4, -0.2) is 25.8 Å². The molecule has 0 atom stereocenters. The number of hydrogen-bond acceptors (Lipinski definition) is 4. The molecule has 24 heavy (non-hydrogen) atoms. The molecule has 0 spiro atoms. The van der Waals surface area contributed by atoms with Gasteiger partial charge in [0.2, 0.25) is 0 Å². The number of rotatable bonds is 3. The van der Waals surface area contributed by atoms with Crippen molar-refractivity contribution in [1.29, 1.82) is 0 Å². The quantitative estimate of drug-likeness (QED) is 0.737. The molecule has 0 radical (unpaired) electrons. The van der Waals surface area contributed by atoms with Crippen LogP contribution in [-0.2, 0) is 0 Å². The second-order valence-corrected chi connectivity index (χ2v) is 6.33. The van der Waals surface area contributed by atoms with Gasteiger partial charge in [-0.05, 0) is 31.0 Å². The summed E-state index contributed by atoms with van der Waals surface area (Å²) in [4.78, 5) is 8.75. The number of anilines is 1. The Labute approximate surface area is 139 Å². The standard InChI is InChI=1S/C18H20FN5/c19-13-6-5-9-15(10-13)24-18-16(11-22-24)17(20-12-21-18)23-14-7-3-1-2-4-8-14/h5-6,9-12,14H,1-4,7-8H2,(H,20,21,23). The summed E-state index contributed by atoms with van der Waals surface area (Å²) < 4.78 is 15.2. The second-order valence-electron chi connectivity index (χ2n) is 6.33. The number of halogens is 1. The van der Waals surface area contributed by atoms with Crippen molar-refractivity contribution >= 4 is 16.9 Å². The van der Waals surface area contributed by atoms with Crippen LogP contribution >= 0.6 is 0 Å². The average Bonchev–Trinajstić information content (AvgIpc) is 2.86. The van der Waals surface area contributed by atoms with Gasteiger partial charge in [-0.15, -0.1) is 0 Å². The van der Waals surface area contributed by atoms with Crippen LogP contribution < -0.4 is 5.32 Å². The van der Waals surface area contributed by atoms with Crippen LogP contribution in [0.25, 0.3) is 16.7 Å². The minimum Gasteiger partial charge on any atom is -0.367 e. The molecule has 2 aromatic heterocycles. The van der Waals surface area contributed by atoms with Crippen LogP contribution in [0.2, 0.25) is 0 Å². The molecule has 1 aliphatic carbocycles. The lowest BCUT2D eigenvalue weighted by Crippen LogP contribution is -2.19. The minimum absolute atomic E-state index is 0.290. The molecule has 0 bridgehead atoms. The molecule has 0 amide bonds. The van der Waals surface area contributed by atoms with E-state index in [9.17, 15) is 4.39 Å². The maximum absolute atomic E-state index is 13.5. The van der Waals surface area contributed by atoms with E-state index in [0.29, 0.717) is 17.4 Å². The van der Waals surface area contributed by atoms with Crippen molar-refractivity contribution in [2.75, 3.05) is 5.32 Å². The highest BCUT2D eigenvalue weighted by molar-refractivity contribution is 5.87. The lowest BCUT2D eigenvalue weighted by molar-refractivity contribution is 0.618. The van der Waals surface area contributed by atoms with Crippen molar-refractivity contribution in [2.45, 2.75) is 44.6 Å². The Morgan fingerprint density at radius 1 is 1.08 bits per heavy atom. The minimum atomic E-state index is -0.290. The molecule has 1 aliphatic rings. The Balaban J connectivity index is 1.68. The van der Waals surface area contributed by atoms with E-state index in [1.807, 2.05) is 6.07 Å². The fraction of sp³-hybridized carbons (Fsp3) is 0.389. The number of aromatic nitrogens is 4. The lowest BCUT2D eigenvalue weighted by atomic mass is 10.1. The zero-order valence-corrected chi connectivity index (χ0v) is 13.5. The third kappa shape index (κ3) is 2.96. The molecule has 1 N–H and O–H groups in total. The largest absolute Gasteiger partial charge is 0.367 e. The number of benzene rings is 1. The molecule has 6 heteroatoms. The first-order valence-corrected chi connectivity index (χ1v) is 8.52. The van der Waals surface area contributed by atoms with Gasteiger partial charge < -0.3 is 5.32 Å². The van der Waals surface area contributed by atoms with Gasteiger partial charge in [0.05, 0.1) is 17.3 Å². The molecule has 1 aromatic carbocycles. The molecular formula is C18H20FN5. The maximum Gasteiger partial charge on any atom is 0.168 e. The van der Waals surface area contributed by atoms with Gasteiger partial charge in [-0.1, -0.05) is 31.7 Å². The lowest BCUT2D eigenvalue weighted by Gasteiger charge is -2.17. The second kappa shape index (κ2) is 6.55. The van der Waals surface area contributed by atoms with E-state index in [4.69, 9.17) is 0 Å². The number of nitrogens with zero attached hydrogens (tertiary/aromatic N) is 4. The molecule has 5 nitrogen and oxygen atoms in total. The molecular weight excluding hydrogens is 305 g/mol. The van der Waals surface area contributed by atoms with Crippen molar-refractivity contribution in [1.82, 2.24) is 19.7 Å². The van der Waals surface area contributed by atoms with E-state index in [0.717, 1.165) is 11.2 Å². The smallest absolute Gasteiger partial charge is 0.168 e. The Morgan fingerprint density at radius 2 is 1.92 bits per heavy atom. The van der Waals surface area contributed by atoms with Crippen LogP contribution in [0.4, 0.5) is 10.2 Å². The zero-order chi connectivity index (χ0) is 16.4. The van der Waals surface area contributed by atoms with Gasteiger partial charge in [0.15, 0.2) is 5.65 Å². The first-order valence-electron chi connectivity index (χ1n) is 8.52. The average molecular weight is 325 g/mol. The first kappa shape index (κ1) is 15.1. The number of fused-ring (bicyclic) bond motifs is 1. The van der Waals surface area contributed by atoms with Crippen LogP contribution in [0.3, 0.4) is 0 Å². The van der Waals surface area contributed by atoms with E-state index in [1.165, 1.54) is 50.7 Å². The van der Waals surface area contributed by atoms with Gasteiger partial charge in [0, 0.05) is 6.04 Å². The normalized spacial score (nSPS) is 16.2. The van der Waals surface area contributed by atoms with Crippen molar-refractivity contribution in [3.05, 3.63) is 42.6 Å². The molecule has 2 heterocycles. The first-order chi connectivity index (χ1) is 11.8. The summed E-state index contributed by atoms with van der Waals surface area (Å²) in [6.45, 7) is 0. The summed E-state index contributed by atoms with van der Waals surface area (Å²) in [6.07, 6.45) is 10.8. The third-order valence-electron chi connectivity index (χ3n) is 4.61. The van der Waals surface area contributed by atoms with E-state index in [1.54, 1.807) is 23.3 Å². The van der Waals surface area contributed by atoms with Crippen molar-refractivity contribution < 1.29 is 4.39 Å². The Hall–Kier alpha value is -2.50. The molecule has 0 aliphatic heterocycles. The highest BCUT2D eigenvalue weighted by Gasteiger charge is 2.16. The molecule has 1 fully saturated rings. The van der Waals surface area contributed by atoms with Gasteiger partial charge in [-0.2, -0.15) is 5.10 Å². The summed E-state index contributed by atoms with van der Waals surface area (Å²) in [5, 5.41) is 8.81. The van der Waals surface area contributed by atoms with E-state index in [2.05, 4.69) is 20.4 Å². The molecule has 0 saturated heterocycles. The van der Waals surface area contributed by atoms with E-state index < -0.39 is 0 Å². The van der Waals surface area contributed by atoms with Crippen LogP contribution in [0.15, 0.2) is 36.8 Å². The fourth-order valence-electron chi connectivity index (χ4n) is 3.37. The summed E-state index contributed by atoms with van der Waals surface area (Å²) in [5.41, 5.74) is 1.34. The maximum atomic E-state index is 13.5. The molecule has 124 valence electrons. The molecule has 0 unspecified atom stereocenters. The van der Waals surface area contributed by atoms with Gasteiger partial charge in [0.1, 0.15) is 18.0 Å². The Bertz CT molecular complexity index is 836. The monoisotopic (exact) mass is 325 g/mol. The van der Waals surface area contributed by atoms with E-state index in [-0.39, 0.29) is 5.82 Å². The molecule has 1 saturated carbocycles. The number of nitrogens with one attached hydrogen (secondary N) is 1. The van der Waals surface area contributed by atoms with Crippen molar-refractivity contribution in [2.24, 2.45) is 0 Å². The van der Waals surface area contributed by atoms with Crippen LogP contribution in [0, 0.1) is 5.82 Å². The summed E-state index contributed by atoms with van der Waals surface area (Å²) in [6, 6.07) is 6.80. The van der Waals surface area contributed by atoms with Gasteiger partial charge in [0.25, 0.3) is 0 Å². The topological polar surface area (TPSA) is 55.6 Å². The zero-order valence-electron chi connectivity index (χ0n) is 13.5. The van der Waals surface area contributed by atoms with Gasteiger partial charge in [-0.3, -0.25) is 0 Å². The van der Waals surface area contributed by atoms with Crippen LogP contribution in [0.5, 0.6) is 0 Å². The third-order valence-corrected chi connectivity index (χ3v) is 4.61. The Morgan fingerprint density at radius 3 is 2.71 bits per heavy atom. The van der Waals surface area contributed by atoms with Gasteiger partial charge >= 0.3 is 0 Å². The highest BCUT2D eigenvalue weighted by atomic mass is 19.1. The summed E-state index contributed by atoms with van der Waals surface area (Å²) in [7, 11) is 0. The van der Waals surface area contributed by atoms with Gasteiger partial charge in [-0.25, -0.2) is 19.0 Å². The fourth-order valence-corrected chi connectivity index (χ4v) is 3.37. The van der Waals surface area contributed by atoms with Crippen molar-refractivity contribution in [3.8, 4) is 5.69 Å². The molecule has 4 rings (SSSR count). The summed E-state index contributed by atoms with van der Waals surface area (Å²) >= 11 is 0.